The number of carbonyl (C=O) groups excluding carboxylic acids is 1. The molecule has 21 heavy (non-hydrogen) atoms. The fraction of sp³-hybridized carbons (Fsp3) is 0.167. The lowest BCUT2D eigenvalue weighted by Gasteiger charge is -2.04. The van der Waals surface area contributed by atoms with Gasteiger partial charge in [0.2, 0.25) is 0 Å². The summed E-state index contributed by atoms with van der Waals surface area (Å²) in [4.78, 5) is 16.3. The van der Waals surface area contributed by atoms with E-state index >= 15 is 0 Å². The molecule has 7 nitrogen and oxygen atoms in total. The molecule has 1 N–H and O–H groups in total. The van der Waals surface area contributed by atoms with Gasteiger partial charge in [-0.25, -0.2) is 4.98 Å². The van der Waals surface area contributed by atoms with Crippen molar-refractivity contribution in [1.82, 2.24) is 29.7 Å². The van der Waals surface area contributed by atoms with Crippen LogP contribution in [0, 0.1) is 3.57 Å². The van der Waals surface area contributed by atoms with Crippen LogP contribution in [-0.2, 0) is 13.6 Å². The van der Waals surface area contributed by atoms with Crippen molar-refractivity contribution in [2.24, 2.45) is 7.05 Å². The van der Waals surface area contributed by atoms with Crippen LogP contribution in [0.4, 0.5) is 0 Å². The van der Waals surface area contributed by atoms with Crippen molar-refractivity contribution in [3.05, 3.63) is 44.8 Å². The molecule has 108 valence electrons. The Kier molecular flexibility index (Phi) is 3.81. The van der Waals surface area contributed by atoms with Gasteiger partial charge in [-0.3, -0.25) is 9.48 Å². The molecule has 0 spiro atoms. The summed E-state index contributed by atoms with van der Waals surface area (Å²) in [5.74, 6) is -0.290. The second-order valence-corrected chi connectivity index (χ2v) is 5.87. The maximum absolute atomic E-state index is 12.0. The van der Waals surface area contributed by atoms with Crippen LogP contribution in [0.1, 0.15) is 16.2 Å². The van der Waals surface area contributed by atoms with E-state index in [-0.39, 0.29) is 11.6 Å². The van der Waals surface area contributed by atoms with Gasteiger partial charge >= 0.3 is 0 Å². The standard InChI is InChI=1S/C12H10ClIN6O/c1-19-5-9(17-18-19)12(21)15-4-8-11-10(14)7(13)2-3-20(11)6-16-8/h2-3,5-6H,4H2,1H3,(H,15,21). The first-order valence-electron chi connectivity index (χ1n) is 6.00. The fourth-order valence-corrected chi connectivity index (χ4v) is 2.84. The minimum absolute atomic E-state index is 0.272. The number of nitrogens with zero attached hydrogens (tertiary/aromatic N) is 5. The van der Waals surface area contributed by atoms with Gasteiger partial charge in [0.15, 0.2) is 5.69 Å². The van der Waals surface area contributed by atoms with Crippen molar-refractivity contribution in [3.8, 4) is 0 Å². The van der Waals surface area contributed by atoms with Gasteiger partial charge in [-0.15, -0.1) is 5.10 Å². The largest absolute Gasteiger partial charge is 0.345 e. The van der Waals surface area contributed by atoms with Gasteiger partial charge < -0.3 is 9.72 Å². The number of aryl methyl sites for hydroxylation is 1. The average molecular weight is 417 g/mol. The molecule has 0 unspecified atom stereocenters. The first kappa shape index (κ1) is 14.3. The molecule has 0 bridgehead atoms. The topological polar surface area (TPSA) is 77.1 Å². The van der Waals surface area contributed by atoms with E-state index in [1.165, 1.54) is 4.68 Å². The van der Waals surface area contributed by atoms with Crippen LogP contribution >= 0.6 is 34.2 Å². The van der Waals surface area contributed by atoms with E-state index in [0.29, 0.717) is 11.6 Å². The molecule has 0 saturated heterocycles. The number of pyridine rings is 1. The number of nitrogens with one attached hydrogen (secondary N) is 1. The van der Waals surface area contributed by atoms with Crippen LogP contribution < -0.4 is 5.32 Å². The highest BCUT2D eigenvalue weighted by molar-refractivity contribution is 14.1. The number of carbonyl (C=O) groups is 1. The zero-order chi connectivity index (χ0) is 15.0. The number of imidazole rings is 1. The van der Waals surface area contributed by atoms with E-state index in [0.717, 1.165) is 14.8 Å². The second-order valence-electron chi connectivity index (χ2n) is 4.38. The summed E-state index contributed by atoms with van der Waals surface area (Å²) in [6, 6.07) is 1.81. The number of rotatable bonds is 3. The Morgan fingerprint density at radius 3 is 3.05 bits per heavy atom. The summed E-state index contributed by atoms with van der Waals surface area (Å²) in [5, 5.41) is 10.9. The highest BCUT2D eigenvalue weighted by atomic mass is 127. The molecule has 0 aliphatic heterocycles. The molecule has 0 saturated carbocycles. The minimum Gasteiger partial charge on any atom is -0.345 e. The molecule has 0 aliphatic carbocycles. The van der Waals surface area contributed by atoms with Crippen LogP contribution in [0.25, 0.3) is 5.52 Å². The molecule has 3 heterocycles. The molecule has 9 heteroatoms. The van der Waals surface area contributed by atoms with Crippen LogP contribution in [0.3, 0.4) is 0 Å². The third-order valence-electron chi connectivity index (χ3n) is 2.92. The smallest absolute Gasteiger partial charge is 0.273 e. The first-order chi connectivity index (χ1) is 10.1. The molecule has 1 amide bonds. The van der Waals surface area contributed by atoms with Gasteiger partial charge in [-0.05, 0) is 28.7 Å². The van der Waals surface area contributed by atoms with Crippen LogP contribution in [-0.4, -0.2) is 30.3 Å². The Hall–Kier alpha value is -1.68. The third-order valence-corrected chi connectivity index (χ3v) is 4.65. The lowest BCUT2D eigenvalue weighted by atomic mass is 10.3. The Balaban J connectivity index is 1.82. The second kappa shape index (κ2) is 5.60. The highest BCUT2D eigenvalue weighted by Crippen LogP contribution is 2.25. The lowest BCUT2D eigenvalue weighted by Crippen LogP contribution is -2.23. The van der Waals surface area contributed by atoms with Gasteiger partial charge in [-0.1, -0.05) is 16.8 Å². The molecule has 0 aromatic carbocycles. The number of aromatic nitrogens is 5. The van der Waals surface area contributed by atoms with E-state index in [1.807, 2.05) is 10.6 Å². The Labute approximate surface area is 138 Å². The summed E-state index contributed by atoms with van der Waals surface area (Å²) in [6.45, 7) is 0.294. The highest BCUT2D eigenvalue weighted by Gasteiger charge is 2.14. The maximum Gasteiger partial charge on any atom is 0.273 e. The summed E-state index contributed by atoms with van der Waals surface area (Å²) >= 11 is 8.29. The molecular weight excluding hydrogens is 407 g/mol. The van der Waals surface area contributed by atoms with Crippen LogP contribution in [0.5, 0.6) is 0 Å². The number of fused-ring (bicyclic) bond motifs is 1. The number of hydrogen-bond acceptors (Lipinski definition) is 4. The molecular formula is C12H10ClIN6O. The van der Waals surface area contributed by atoms with Gasteiger partial charge in [0.25, 0.3) is 5.91 Å². The monoisotopic (exact) mass is 416 g/mol. The first-order valence-corrected chi connectivity index (χ1v) is 7.46. The molecule has 0 atom stereocenters. The SMILES string of the molecule is Cn1cc(C(=O)NCc2ncn3ccc(Cl)c(I)c23)nn1. The maximum atomic E-state index is 12.0. The predicted molar refractivity (Wildman–Crippen MR) is 85.1 cm³/mol. The minimum atomic E-state index is -0.290. The van der Waals surface area contributed by atoms with Crippen LogP contribution in [0.15, 0.2) is 24.8 Å². The Morgan fingerprint density at radius 2 is 2.33 bits per heavy atom. The van der Waals surface area contributed by atoms with Crippen molar-refractivity contribution in [2.45, 2.75) is 6.54 Å². The summed E-state index contributed by atoms with van der Waals surface area (Å²) in [7, 11) is 1.71. The molecule has 3 aromatic heterocycles. The Morgan fingerprint density at radius 1 is 1.52 bits per heavy atom. The van der Waals surface area contributed by atoms with Crippen molar-refractivity contribution < 1.29 is 4.79 Å². The summed E-state index contributed by atoms with van der Waals surface area (Å²) < 4.78 is 4.25. The predicted octanol–water partition coefficient (Wildman–Crippen LogP) is 1.65. The summed E-state index contributed by atoms with van der Waals surface area (Å²) in [6.07, 6.45) is 5.08. The zero-order valence-corrected chi connectivity index (χ0v) is 13.8. The Bertz CT molecular complexity index is 826. The van der Waals surface area contributed by atoms with E-state index in [9.17, 15) is 4.79 Å². The van der Waals surface area contributed by atoms with E-state index in [2.05, 4.69) is 43.2 Å². The van der Waals surface area contributed by atoms with E-state index in [1.54, 1.807) is 25.6 Å². The molecule has 0 aliphatic rings. The van der Waals surface area contributed by atoms with Gasteiger partial charge in [0.1, 0.15) is 0 Å². The van der Waals surface area contributed by atoms with Crippen molar-refractivity contribution in [1.29, 1.82) is 0 Å². The van der Waals surface area contributed by atoms with Crippen molar-refractivity contribution >= 4 is 45.6 Å². The quantitative estimate of drug-likeness (QED) is 0.659. The molecule has 0 radical (unpaired) electrons. The number of halogens is 2. The molecule has 0 fully saturated rings. The fourth-order valence-electron chi connectivity index (χ4n) is 1.92. The molecule has 3 aromatic rings. The normalized spacial score (nSPS) is 11.0. The van der Waals surface area contributed by atoms with Crippen molar-refractivity contribution in [3.63, 3.8) is 0 Å². The van der Waals surface area contributed by atoms with Gasteiger partial charge in [-0.2, -0.15) is 0 Å². The van der Waals surface area contributed by atoms with Crippen LogP contribution in [0.2, 0.25) is 5.02 Å². The average Bonchev–Trinajstić information content (AvgIpc) is 3.07. The zero-order valence-electron chi connectivity index (χ0n) is 10.9. The summed E-state index contributed by atoms with van der Waals surface area (Å²) in [5.41, 5.74) is 1.91. The number of amides is 1. The number of hydrogen-bond donors (Lipinski definition) is 1. The third kappa shape index (κ3) is 2.72. The van der Waals surface area contributed by atoms with Crippen molar-refractivity contribution in [2.75, 3.05) is 0 Å². The lowest BCUT2D eigenvalue weighted by molar-refractivity contribution is 0.0945. The van der Waals surface area contributed by atoms with E-state index in [4.69, 9.17) is 11.6 Å². The molecule has 3 rings (SSSR count). The van der Waals surface area contributed by atoms with Gasteiger partial charge in [0.05, 0.1) is 38.9 Å². The van der Waals surface area contributed by atoms with E-state index < -0.39 is 0 Å². The van der Waals surface area contributed by atoms with Gasteiger partial charge in [0, 0.05) is 13.2 Å².